The number of aromatic hydroxyl groups is 1. The number of aromatic amines is 1. The molecule has 0 aliphatic carbocycles. The van der Waals surface area contributed by atoms with E-state index in [0.29, 0.717) is 26.9 Å². The Bertz CT molecular complexity index is 1100. The molecule has 146 valence electrons. The number of halogens is 3. The van der Waals surface area contributed by atoms with Crippen LogP contribution in [0, 0.1) is 6.92 Å². The van der Waals surface area contributed by atoms with E-state index in [4.69, 9.17) is 9.47 Å². The molecule has 0 aliphatic heterocycles. The number of hydrogen-bond acceptors (Lipinski definition) is 5. The molecule has 0 fully saturated rings. The lowest BCUT2D eigenvalue weighted by Crippen LogP contribution is -2.09. The number of methoxy groups -OCH3 is 1. The summed E-state index contributed by atoms with van der Waals surface area (Å²) >= 11 is 10.2. The van der Waals surface area contributed by atoms with Crippen molar-refractivity contribution in [1.29, 1.82) is 0 Å². The van der Waals surface area contributed by atoms with Crippen molar-refractivity contribution in [1.82, 2.24) is 4.98 Å². The lowest BCUT2D eigenvalue weighted by molar-refractivity contribution is -0.120. The quantitative estimate of drug-likeness (QED) is 0.356. The lowest BCUT2D eigenvalue weighted by atomic mass is 10.1. The van der Waals surface area contributed by atoms with Crippen molar-refractivity contribution in [3.63, 3.8) is 0 Å². The molecule has 1 amide bonds. The van der Waals surface area contributed by atoms with Gasteiger partial charge in [0, 0.05) is 14.3 Å². The van der Waals surface area contributed by atoms with Gasteiger partial charge in [-0.1, -0.05) is 15.9 Å². The molecule has 0 unspecified atom stereocenters. The molecule has 0 spiro atoms. The second-order valence-corrected chi connectivity index (χ2v) is 8.42. The Hall–Kier alpha value is -1.91. The van der Waals surface area contributed by atoms with Gasteiger partial charge in [-0.25, -0.2) is 0 Å². The number of amides is 1. The summed E-state index contributed by atoms with van der Waals surface area (Å²) < 4.78 is 13.0. The Labute approximate surface area is 185 Å². The zero-order valence-electron chi connectivity index (χ0n) is 14.7. The Morgan fingerprint density at radius 2 is 1.93 bits per heavy atom. The number of H-pyrrole nitrogens is 1. The van der Waals surface area contributed by atoms with E-state index in [0.717, 1.165) is 14.5 Å². The van der Waals surface area contributed by atoms with Crippen LogP contribution < -0.4 is 9.47 Å². The normalized spacial score (nSPS) is 11.3. The number of aryl methyl sites for hydroxylation is 1. The van der Waals surface area contributed by atoms with Crippen LogP contribution >= 0.6 is 47.8 Å². The van der Waals surface area contributed by atoms with Gasteiger partial charge >= 0.3 is 5.91 Å². The number of nitrogens with one attached hydrogen (secondary N) is 1. The molecule has 2 N–H and O–H groups in total. The van der Waals surface area contributed by atoms with E-state index < -0.39 is 5.91 Å². The Balaban J connectivity index is 1.79. The minimum Gasteiger partial charge on any atom is -0.493 e. The van der Waals surface area contributed by atoms with Crippen LogP contribution in [0.15, 0.2) is 47.9 Å². The molecular weight excluding hydrogens is 562 g/mol. The highest BCUT2D eigenvalue weighted by atomic mass is 79.9. The van der Waals surface area contributed by atoms with Crippen LogP contribution in [0.5, 0.6) is 17.4 Å². The molecule has 0 aliphatic rings. The third-order valence-electron chi connectivity index (χ3n) is 3.75. The first-order chi connectivity index (χ1) is 13.3. The smallest absolute Gasteiger partial charge is 0.302 e. The molecule has 3 aromatic rings. The standard InChI is InChI=1S/C18H14Br3N3O4/c1-8-3-10-15(11(20)4-8)22-18(26)16(10)24-23-14(25)7-28-17-12(21)5-9(19)6-13(17)27-2/h3-6,22,26H,7H2,1-2H3. The van der Waals surface area contributed by atoms with E-state index in [2.05, 4.69) is 63.0 Å². The number of rotatable bonds is 5. The van der Waals surface area contributed by atoms with E-state index in [-0.39, 0.29) is 18.2 Å². The predicted molar refractivity (Wildman–Crippen MR) is 116 cm³/mol. The van der Waals surface area contributed by atoms with Crippen molar-refractivity contribution < 1.29 is 19.4 Å². The average molecular weight is 576 g/mol. The first-order valence-corrected chi connectivity index (χ1v) is 10.3. The number of ether oxygens (including phenoxy) is 2. The van der Waals surface area contributed by atoms with Gasteiger partial charge in [-0.2, -0.15) is 0 Å². The molecule has 0 atom stereocenters. The maximum absolute atomic E-state index is 12.1. The highest BCUT2D eigenvalue weighted by Crippen LogP contribution is 2.40. The SMILES string of the molecule is COc1cc(Br)cc(Br)c1OCC(=O)N=Nc1c(O)[nH]c2c(Br)cc(C)cc12. The number of fused-ring (bicyclic) bond motifs is 1. The number of azo groups is 1. The number of benzene rings is 2. The van der Waals surface area contributed by atoms with Crippen LogP contribution in [0.4, 0.5) is 5.69 Å². The van der Waals surface area contributed by atoms with Crippen molar-refractivity contribution in [2.24, 2.45) is 10.2 Å². The molecule has 1 aromatic heterocycles. The molecule has 3 rings (SSSR count). The van der Waals surface area contributed by atoms with E-state index in [1.165, 1.54) is 7.11 Å². The highest BCUT2D eigenvalue weighted by molar-refractivity contribution is 9.11. The van der Waals surface area contributed by atoms with Gasteiger partial charge in [-0.15, -0.1) is 10.2 Å². The fraction of sp³-hybridized carbons (Fsp3) is 0.167. The van der Waals surface area contributed by atoms with Gasteiger partial charge in [0.2, 0.25) is 5.88 Å². The van der Waals surface area contributed by atoms with Gasteiger partial charge in [0.1, 0.15) is 0 Å². The van der Waals surface area contributed by atoms with E-state index in [1.807, 2.05) is 19.1 Å². The van der Waals surface area contributed by atoms with Crippen molar-refractivity contribution >= 4 is 70.3 Å². The molecule has 0 bridgehead atoms. The second kappa shape index (κ2) is 8.62. The Morgan fingerprint density at radius 3 is 2.64 bits per heavy atom. The predicted octanol–water partition coefficient (Wildman–Crippen LogP) is 6.17. The largest absolute Gasteiger partial charge is 0.493 e. The molecular formula is C18H14Br3N3O4. The van der Waals surface area contributed by atoms with Crippen LogP contribution in [0.2, 0.25) is 0 Å². The summed E-state index contributed by atoms with van der Waals surface area (Å²) in [7, 11) is 1.50. The summed E-state index contributed by atoms with van der Waals surface area (Å²) in [5, 5.41) is 18.3. The van der Waals surface area contributed by atoms with E-state index in [1.54, 1.807) is 12.1 Å². The number of aromatic nitrogens is 1. The number of hydrogen-bond donors (Lipinski definition) is 2. The van der Waals surface area contributed by atoms with Crippen LogP contribution in [0.1, 0.15) is 5.56 Å². The van der Waals surface area contributed by atoms with Gasteiger partial charge in [-0.3, -0.25) is 4.79 Å². The molecule has 0 saturated carbocycles. The van der Waals surface area contributed by atoms with Crippen LogP contribution in [0.3, 0.4) is 0 Å². The van der Waals surface area contributed by atoms with Gasteiger partial charge < -0.3 is 19.6 Å². The van der Waals surface area contributed by atoms with Crippen molar-refractivity contribution in [2.75, 3.05) is 13.7 Å². The molecule has 28 heavy (non-hydrogen) atoms. The second-order valence-electron chi connectivity index (χ2n) is 5.79. The van der Waals surface area contributed by atoms with E-state index >= 15 is 0 Å². The Kier molecular flexibility index (Phi) is 6.41. The zero-order chi connectivity index (χ0) is 20.4. The lowest BCUT2D eigenvalue weighted by Gasteiger charge is -2.11. The number of carbonyl (C=O) groups is 1. The number of nitrogens with zero attached hydrogens (tertiary/aromatic N) is 2. The first kappa shape index (κ1) is 20.8. The summed E-state index contributed by atoms with van der Waals surface area (Å²) in [6, 6.07) is 7.24. The fourth-order valence-electron chi connectivity index (χ4n) is 2.56. The molecule has 1 heterocycles. The van der Waals surface area contributed by atoms with Crippen LogP contribution in [0.25, 0.3) is 10.9 Å². The number of carbonyl (C=O) groups excluding carboxylic acids is 1. The topological polar surface area (TPSA) is 96.3 Å². The maximum atomic E-state index is 12.1. The summed E-state index contributed by atoms with van der Waals surface area (Å²) in [6.45, 7) is 1.57. The summed E-state index contributed by atoms with van der Waals surface area (Å²) in [6.07, 6.45) is 0. The summed E-state index contributed by atoms with van der Waals surface area (Å²) in [5.41, 5.74) is 1.83. The van der Waals surface area contributed by atoms with Crippen molar-refractivity contribution in [3.05, 3.63) is 43.2 Å². The molecule has 0 saturated heterocycles. The van der Waals surface area contributed by atoms with Crippen LogP contribution in [-0.2, 0) is 4.79 Å². The minimum atomic E-state index is -0.614. The van der Waals surface area contributed by atoms with Crippen molar-refractivity contribution in [3.8, 4) is 17.4 Å². The summed E-state index contributed by atoms with van der Waals surface area (Å²) in [4.78, 5) is 14.9. The first-order valence-electron chi connectivity index (χ1n) is 7.91. The molecule has 7 nitrogen and oxygen atoms in total. The monoisotopic (exact) mass is 573 g/mol. The van der Waals surface area contributed by atoms with Crippen molar-refractivity contribution in [2.45, 2.75) is 6.92 Å². The Morgan fingerprint density at radius 1 is 1.18 bits per heavy atom. The molecule has 10 heteroatoms. The highest BCUT2D eigenvalue weighted by Gasteiger charge is 2.15. The zero-order valence-corrected chi connectivity index (χ0v) is 19.5. The van der Waals surface area contributed by atoms with Gasteiger partial charge in [-0.05, 0) is 68.6 Å². The molecule has 0 radical (unpaired) electrons. The van der Waals surface area contributed by atoms with Gasteiger partial charge in [0.25, 0.3) is 0 Å². The maximum Gasteiger partial charge on any atom is 0.302 e. The average Bonchev–Trinajstić information content (AvgIpc) is 2.94. The summed E-state index contributed by atoms with van der Waals surface area (Å²) in [5.74, 6) is 0.0535. The molecule has 2 aromatic carbocycles. The third-order valence-corrected chi connectivity index (χ3v) is 5.43. The van der Waals surface area contributed by atoms with Crippen LogP contribution in [-0.4, -0.2) is 29.7 Å². The third kappa shape index (κ3) is 4.39. The van der Waals surface area contributed by atoms with Gasteiger partial charge in [0.15, 0.2) is 23.8 Å². The minimum absolute atomic E-state index is 0.170. The fourth-order valence-corrected chi connectivity index (χ4v) is 4.53. The van der Waals surface area contributed by atoms with Gasteiger partial charge in [0.05, 0.1) is 17.1 Å². The van der Waals surface area contributed by atoms with E-state index in [9.17, 15) is 9.90 Å².